The molecular weight excluding hydrogens is 272 g/mol. The van der Waals surface area contributed by atoms with Gasteiger partial charge in [-0.15, -0.1) is 0 Å². The molecule has 0 aromatic carbocycles. The summed E-state index contributed by atoms with van der Waals surface area (Å²) >= 11 is 0. The third-order valence-corrected chi connectivity index (χ3v) is 2.97. The van der Waals surface area contributed by atoms with E-state index >= 15 is 0 Å². The molecule has 2 N–H and O–H groups in total. The minimum atomic E-state index is -0.231. The summed E-state index contributed by atoms with van der Waals surface area (Å²) in [4.78, 5) is 22.7. The number of methoxy groups -OCH3 is 2. The summed E-state index contributed by atoms with van der Waals surface area (Å²) in [6, 6.07) is 0. The number of hydrogen-bond acceptors (Lipinski definition) is 6. The molecule has 0 bridgehead atoms. The Hall–Kier alpha value is -1.73. The summed E-state index contributed by atoms with van der Waals surface area (Å²) in [7, 11) is 3.18. The SMILES string of the molecule is COCCN(CCOC)C(=O)c1nc(C(C)C)ncc1N. The van der Waals surface area contributed by atoms with Crippen molar-refractivity contribution < 1.29 is 14.3 Å². The molecular formula is C14H24N4O3. The highest BCUT2D eigenvalue weighted by atomic mass is 16.5. The van der Waals surface area contributed by atoms with Gasteiger partial charge in [-0.05, 0) is 0 Å². The number of nitrogen functional groups attached to an aromatic ring is 1. The van der Waals surface area contributed by atoms with E-state index in [0.717, 1.165) is 0 Å². The van der Waals surface area contributed by atoms with Crippen molar-refractivity contribution in [2.24, 2.45) is 0 Å². The van der Waals surface area contributed by atoms with Gasteiger partial charge in [-0.3, -0.25) is 4.79 Å². The molecule has 1 aromatic heterocycles. The van der Waals surface area contributed by atoms with E-state index in [1.54, 1.807) is 19.1 Å². The number of ether oxygens (including phenoxy) is 2. The van der Waals surface area contributed by atoms with E-state index in [0.29, 0.717) is 32.1 Å². The van der Waals surface area contributed by atoms with Gasteiger partial charge in [-0.1, -0.05) is 13.8 Å². The molecule has 0 saturated heterocycles. The number of anilines is 1. The number of hydrogen-bond donors (Lipinski definition) is 1. The highest BCUT2D eigenvalue weighted by Crippen LogP contribution is 2.15. The number of carbonyl (C=O) groups is 1. The van der Waals surface area contributed by atoms with Crippen molar-refractivity contribution in [2.75, 3.05) is 46.3 Å². The highest BCUT2D eigenvalue weighted by molar-refractivity contribution is 5.97. The largest absolute Gasteiger partial charge is 0.396 e. The second-order valence-corrected chi connectivity index (χ2v) is 4.96. The Kier molecular flexibility index (Phi) is 7.04. The molecule has 0 spiro atoms. The van der Waals surface area contributed by atoms with Crippen LogP contribution in [0.1, 0.15) is 36.1 Å². The fraction of sp³-hybridized carbons (Fsp3) is 0.643. The molecule has 0 radical (unpaired) electrons. The van der Waals surface area contributed by atoms with E-state index < -0.39 is 0 Å². The molecule has 1 aromatic rings. The predicted molar refractivity (Wildman–Crippen MR) is 80.2 cm³/mol. The van der Waals surface area contributed by atoms with Crippen LogP contribution in [0.25, 0.3) is 0 Å². The Bertz CT molecular complexity index is 458. The number of aromatic nitrogens is 2. The van der Waals surface area contributed by atoms with Gasteiger partial charge in [-0.2, -0.15) is 0 Å². The lowest BCUT2D eigenvalue weighted by molar-refractivity contribution is 0.0622. The smallest absolute Gasteiger partial charge is 0.274 e. The van der Waals surface area contributed by atoms with Gasteiger partial charge in [0.1, 0.15) is 5.82 Å². The number of amides is 1. The van der Waals surface area contributed by atoms with E-state index in [1.807, 2.05) is 13.8 Å². The maximum Gasteiger partial charge on any atom is 0.274 e. The monoisotopic (exact) mass is 296 g/mol. The first-order valence-electron chi connectivity index (χ1n) is 6.90. The third-order valence-electron chi connectivity index (χ3n) is 2.97. The molecule has 7 nitrogen and oxygen atoms in total. The molecule has 0 aliphatic rings. The van der Waals surface area contributed by atoms with Crippen LogP contribution < -0.4 is 5.73 Å². The number of rotatable bonds is 8. The lowest BCUT2D eigenvalue weighted by Crippen LogP contribution is -2.37. The average molecular weight is 296 g/mol. The Morgan fingerprint density at radius 2 is 1.86 bits per heavy atom. The van der Waals surface area contributed by atoms with E-state index in [4.69, 9.17) is 15.2 Å². The molecule has 7 heteroatoms. The van der Waals surface area contributed by atoms with Crippen LogP contribution in [0.4, 0.5) is 5.69 Å². The zero-order valence-corrected chi connectivity index (χ0v) is 13.1. The lowest BCUT2D eigenvalue weighted by Gasteiger charge is -2.22. The molecule has 21 heavy (non-hydrogen) atoms. The van der Waals surface area contributed by atoms with Crippen LogP contribution in [0.2, 0.25) is 0 Å². The minimum absolute atomic E-state index is 0.128. The van der Waals surface area contributed by atoms with Crippen molar-refractivity contribution in [1.82, 2.24) is 14.9 Å². The van der Waals surface area contributed by atoms with Crippen LogP contribution in [0.15, 0.2) is 6.20 Å². The quantitative estimate of drug-likeness (QED) is 0.767. The minimum Gasteiger partial charge on any atom is -0.396 e. The molecule has 118 valence electrons. The molecule has 0 unspecified atom stereocenters. The average Bonchev–Trinajstić information content (AvgIpc) is 2.47. The van der Waals surface area contributed by atoms with Crippen molar-refractivity contribution in [3.63, 3.8) is 0 Å². The Labute approximate surface area is 125 Å². The van der Waals surface area contributed by atoms with Crippen LogP contribution in [-0.4, -0.2) is 61.3 Å². The predicted octanol–water partition coefficient (Wildman–Crippen LogP) is 0.917. The van der Waals surface area contributed by atoms with Crippen molar-refractivity contribution in [2.45, 2.75) is 19.8 Å². The Morgan fingerprint density at radius 1 is 1.29 bits per heavy atom. The van der Waals surface area contributed by atoms with Gasteiger partial charge in [0, 0.05) is 33.2 Å². The first kappa shape index (κ1) is 17.3. The molecule has 1 amide bonds. The maximum absolute atomic E-state index is 12.6. The fourth-order valence-electron chi connectivity index (χ4n) is 1.72. The van der Waals surface area contributed by atoms with Gasteiger partial charge in [0.25, 0.3) is 5.91 Å². The highest BCUT2D eigenvalue weighted by Gasteiger charge is 2.21. The summed E-state index contributed by atoms with van der Waals surface area (Å²) in [5.74, 6) is 0.500. The zero-order chi connectivity index (χ0) is 15.8. The van der Waals surface area contributed by atoms with Crippen molar-refractivity contribution in [3.8, 4) is 0 Å². The summed E-state index contributed by atoms with van der Waals surface area (Å²) in [6.07, 6.45) is 1.49. The number of carbonyl (C=O) groups excluding carboxylic acids is 1. The number of nitrogens with two attached hydrogens (primary N) is 1. The number of nitrogens with zero attached hydrogens (tertiary/aromatic N) is 3. The van der Waals surface area contributed by atoms with Crippen molar-refractivity contribution in [3.05, 3.63) is 17.7 Å². The zero-order valence-electron chi connectivity index (χ0n) is 13.1. The molecule has 0 fully saturated rings. The van der Waals surface area contributed by atoms with Crippen LogP contribution in [-0.2, 0) is 9.47 Å². The van der Waals surface area contributed by atoms with E-state index in [2.05, 4.69) is 9.97 Å². The summed E-state index contributed by atoms with van der Waals surface area (Å²) < 4.78 is 10.1. The van der Waals surface area contributed by atoms with Gasteiger partial charge in [0.2, 0.25) is 0 Å². The molecule has 1 heterocycles. The van der Waals surface area contributed by atoms with Crippen LogP contribution in [0.3, 0.4) is 0 Å². The normalized spacial score (nSPS) is 10.9. The second kappa shape index (κ2) is 8.53. The molecule has 0 aliphatic heterocycles. The van der Waals surface area contributed by atoms with Gasteiger partial charge < -0.3 is 20.1 Å². The fourth-order valence-corrected chi connectivity index (χ4v) is 1.72. The van der Waals surface area contributed by atoms with Gasteiger partial charge in [0.05, 0.1) is 25.1 Å². The van der Waals surface area contributed by atoms with Crippen LogP contribution in [0.5, 0.6) is 0 Å². The van der Waals surface area contributed by atoms with Gasteiger partial charge >= 0.3 is 0 Å². The third kappa shape index (κ3) is 4.95. The Balaban J connectivity index is 2.98. The first-order valence-corrected chi connectivity index (χ1v) is 6.90. The second-order valence-electron chi connectivity index (χ2n) is 4.96. The summed E-state index contributed by atoms with van der Waals surface area (Å²) in [5, 5.41) is 0. The first-order chi connectivity index (χ1) is 10.0. The van der Waals surface area contributed by atoms with Gasteiger partial charge in [0.15, 0.2) is 5.69 Å². The summed E-state index contributed by atoms with van der Waals surface area (Å²) in [5.41, 5.74) is 6.37. The van der Waals surface area contributed by atoms with Crippen molar-refractivity contribution in [1.29, 1.82) is 0 Å². The standard InChI is InChI=1S/C14H24N4O3/c1-10(2)13-16-9-11(15)12(17-13)14(19)18(5-7-20-3)6-8-21-4/h9-10H,5-8,15H2,1-4H3. The molecule has 0 saturated carbocycles. The molecule has 0 atom stereocenters. The topological polar surface area (TPSA) is 90.6 Å². The van der Waals surface area contributed by atoms with E-state index in [1.165, 1.54) is 6.20 Å². The lowest BCUT2D eigenvalue weighted by atomic mass is 10.2. The Morgan fingerprint density at radius 3 is 2.33 bits per heavy atom. The molecule has 0 aliphatic carbocycles. The van der Waals surface area contributed by atoms with E-state index in [9.17, 15) is 4.79 Å². The molecule has 1 rings (SSSR count). The van der Waals surface area contributed by atoms with Gasteiger partial charge in [-0.25, -0.2) is 9.97 Å². The maximum atomic E-state index is 12.6. The summed E-state index contributed by atoms with van der Waals surface area (Å²) in [6.45, 7) is 5.73. The van der Waals surface area contributed by atoms with Crippen LogP contribution in [0, 0.1) is 0 Å². The van der Waals surface area contributed by atoms with Crippen molar-refractivity contribution >= 4 is 11.6 Å². The van der Waals surface area contributed by atoms with Crippen LogP contribution >= 0.6 is 0 Å². The van der Waals surface area contributed by atoms with E-state index in [-0.39, 0.29) is 23.2 Å².